The summed E-state index contributed by atoms with van der Waals surface area (Å²) in [5, 5.41) is 6.07. The Labute approximate surface area is 151 Å². The number of urea groups is 1. The van der Waals surface area contributed by atoms with Gasteiger partial charge in [0.25, 0.3) is 0 Å². The molecule has 2 N–H and O–H groups in total. The Hall–Kier alpha value is -1.99. The number of carbonyl (C=O) groups excluding carboxylic acids is 1. The number of carbonyl (C=O) groups is 1. The van der Waals surface area contributed by atoms with E-state index in [-0.39, 0.29) is 18.1 Å². The molecule has 1 aliphatic carbocycles. The fourth-order valence-corrected chi connectivity index (χ4v) is 3.65. The average Bonchev–Trinajstić information content (AvgIpc) is 2.62. The number of piperidine rings is 1. The van der Waals surface area contributed by atoms with Gasteiger partial charge < -0.3 is 15.5 Å². The van der Waals surface area contributed by atoms with Crippen molar-refractivity contribution in [2.45, 2.75) is 63.2 Å². The summed E-state index contributed by atoms with van der Waals surface area (Å²) in [5.74, 6) is 0.545. The Kier molecular flexibility index (Phi) is 5.88. The Balaban J connectivity index is 1.44. The highest BCUT2D eigenvalue weighted by molar-refractivity contribution is 5.74. The topological polar surface area (TPSA) is 57.3 Å². The minimum atomic E-state index is -4.37. The molecule has 2 fully saturated rings. The molecule has 5 nitrogen and oxygen atoms in total. The van der Waals surface area contributed by atoms with Crippen LogP contribution in [0, 0.1) is 0 Å². The van der Waals surface area contributed by atoms with E-state index < -0.39 is 11.7 Å². The number of pyridine rings is 1. The van der Waals surface area contributed by atoms with Crippen LogP contribution in [0.1, 0.15) is 50.5 Å². The fraction of sp³-hybridized carbons (Fsp3) is 0.667. The minimum absolute atomic E-state index is 0.0873. The lowest BCUT2D eigenvalue weighted by Crippen LogP contribution is -2.50. The monoisotopic (exact) mass is 370 g/mol. The van der Waals surface area contributed by atoms with E-state index >= 15 is 0 Å². The second-order valence-electron chi connectivity index (χ2n) is 7.12. The highest BCUT2D eigenvalue weighted by Gasteiger charge is 2.31. The van der Waals surface area contributed by atoms with Gasteiger partial charge in [-0.25, -0.2) is 9.78 Å². The largest absolute Gasteiger partial charge is 0.417 e. The van der Waals surface area contributed by atoms with E-state index in [1.54, 1.807) is 0 Å². The van der Waals surface area contributed by atoms with Crippen LogP contribution in [0.2, 0.25) is 0 Å². The number of hydrogen-bond acceptors (Lipinski definition) is 3. The van der Waals surface area contributed by atoms with Gasteiger partial charge in [0.1, 0.15) is 5.82 Å². The molecule has 26 heavy (non-hydrogen) atoms. The molecule has 1 saturated carbocycles. The van der Waals surface area contributed by atoms with Crippen LogP contribution in [0.15, 0.2) is 18.3 Å². The molecular weight excluding hydrogens is 345 g/mol. The number of amides is 2. The van der Waals surface area contributed by atoms with Crippen LogP contribution in [-0.4, -0.2) is 36.2 Å². The third kappa shape index (κ3) is 5.02. The van der Waals surface area contributed by atoms with E-state index in [9.17, 15) is 18.0 Å². The maximum atomic E-state index is 12.6. The Morgan fingerprint density at radius 2 is 1.62 bits per heavy atom. The predicted octanol–water partition coefficient (Wildman–Crippen LogP) is 3.70. The molecule has 144 valence electrons. The van der Waals surface area contributed by atoms with Gasteiger partial charge in [0, 0.05) is 31.4 Å². The third-order valence-corrected chi connectivity index (χ3v) is 5.17. The summed E-state index contributed by atoms with van der Waals surface area (Å²) in [4.78, 5) is 18.0. The van der Waals surface area contributed by atoms with Gasteiger partial charge in [-0.2, -0.15) is 13.2 Å². The first kappa shape index (κ1) is 18.8. The first-order chi connectivity index (χ1) is 12.4. The highest BCUT2D eigenvalue weighted by atomic mass is 19.4. The Bertz CT molecular complexity index is 591. The quantitative estimate of drug-likeness (QED) is 0.853. The molecule has 1 aromatic heterocycles. The SMILES string of the molecule is O=C(NC1CCCCC1)NC1CCN(c2ccc(C(F)(F)F)cn2)CC1. The number of alkyl halides is 3. The van der Waals surface area contributed by atoms with Crippen LogP contribution in [-0.2, 0) is 6.18 Å². The van der Waals surface area contributed by atoms with Crippen LogP contribution in [0.5, 0.6) is 0 Å². The van der Waals surface area contributed by atoms with Gasteiger partial charge in [0.15, 0.2) is 0 Å². The number of rotatable bonds is 3. The molecule has 0 unspecified atom stereocenters. The lowest BCUT2D eigenvalue weighted by Gasteiger charge is -2.33. The second-order valence-corrected chi connectivity index (χ2v) is 7.12. The number of nitrogens with zero attached hydrogens (tertiary/aromatic N) is 2. The summed E-state index contributed by atoms with van der Waals surface area (Å²) in [6, 6.07) is 2.73. The molecule has 0 atom stereocenters. The number of hydrogen-bond donors (Lipinski definition) is 2. The Morgan fingerprint density at radius 1 is 1.00 bits per heavy atom. The number of nitrogens with one attached hydrogen (secondary N) is 2. The van der Waals surface area contributed by atoms with E-state index in [2.05, 4.69) is 15.6 Å². The minimum Gasteiger partial charge on any atom is -0.356 e. The van der Waals surface area contributed by atoms with E-state index in [4.69, 9.17) is 0 Å². The number of aromatic nitrogens is 1. The summed E-state index contributed by atoms with van der Waals surface area (Å²) in [6.07, 6.45) is 3.69. The van der Waals surface area contributed by atoms with Gasteiger partial charge in [0.05, 0.1) is 5.56 Å². The highest BCUT2D eigenvalue weighted by Crippen LogP contribution is 2.29. The zero-order chi connectivity index (χ0) is 18.6. The normalized spacial score (nSPS) is 20.0. The van der Waals surface area contributed by atoms with Crippen molar-refractivity contribution >= 4 is 11.8 Å². The van der Waals surface area contributed by atoms with Crippen LogP contribution < -0.4 is 15.5 Å². The zero-order valence-electron chi connectivity index (χ0n) is 14.7. The van der Waals surface area contributed by atoms with Crippen molar-refractivity contribution in [1.82, 2.24) is 15.6 Å². The van der Waals surface area contributed by atoms with Crippen molar-refractivity contribution in [3.05, 3.63) is 23.9 Å². The molecule has 2 aliphatic rings. The van der Waals surface area contributed by atoms with Gasteiger partial charge in [0.2, 0.25) is 0 Å². The van der Waals surface area contributed by atoms with Crippen LogP contribution >= 0.6 is 0 Å². The predicted molar refractivity (Wildman–Crippen MR) is 93.0 cm³/mol. The molecule has 2 amide bonds. The van der Waals surface area contributed by atoms with Crippen molar-refractivity contribution in [3.63, 3.8) is 0 Å². The first-order valence-corrected chi connectivity index (χ1v) is 9.27. The van der Waals surface area contributed by atoms with Crippen molar-refractivity contribution < 1.29 is 18.0 Å². The molecule has 0 aromatic carbocycles. The third-order valence-electron chi connectivity index (χ3n) is 5.17. The summed E-state index contributed by atoms with van der Waals surface area (Å²) in [6.45, 7) is 1.32. The average molecular weight is 370 g/mol. The standard InChI is InChI=1S/C18H25F3N4O/c19-18(20,21)13-6-7-16(22-12-13)25-10-8-15(9-11-25)24-17(26)23-14-4-2-1-3-5-14/h6-7,12,14-15H,1-5,8-11H2,(H2,23,24,26). The van der Waals surface area contributed by atoms with E-state index in [1.807, 2.05) is 4.90 Å². The molecule has 0 spiro atoms. The zero-order valence-corrected chi connectivity index (χ0v) is 14.7. The van der Waals surface area contributed by atoms with Crippen LogP contribution in [0.3, 0.4) is 0 Å². The smallest absolute Gasteiger partial charge is 0.356 e. The van der Waals surface area contributed by atoms with E-state index in [0.717, 1.165) is 37.9 Å². The van der Waals surface area contributed by atoms with Gasteiger partial charge in [-0.3, -0.25) is 0 Å². The molecular formula is C18H25F3N4O. The van der Waals surface area contributed by atoms with Gasteiger partial charge in [-0.05, 0) is 37.8 Å². The van der Waals surface area contributed by atoms with Crippen molar-refractivity contribution in [2.24, 2.45) is 0 Å². The molecule has 1 saturated heterocycles. The number of halogens is 3. The molecule has 1 aromatic rings. The summed E-state index contributed by atoms with van der Waals surface area (Å²) in [7, 11) is 0. The first-order valence-electron chi connectivity index (χ1n) is 9.27. The van der Waals surface area contributed by atoms with Crippen molar-refractivity contribution in [2.75, 3.05) is 18.0 Å². The molecule has 2 heterocycles. The summed E-state index contributed by atoms with van der Waals surface area (Å²) < 4.78 is 37.8. The summed E-state index contributed by atoms with van der Waals surface area (Å²) in [5.41, 5.74) is -0.739. The van der Waals surface area contributed by atoms with Gasteiger partial charge in [-0.15, -0.1) is 0 Å². The maximum Gasteiger partial charge on any atom is 0.417 e. The second kappa shape index (κ2) is 8.14. The molecule has 0 radical (unpaired) electrons. The number of anilines is 1. The summed E-state index contributed by atoms with van der Waals surface area (Å²) >= 11 is 0. The van der Waals surface area contributed by atoms with E-state index in [1.165, 1.54) is 25.3 Å². The van der Waals surface area contributed by atoms with Crippen LogP contribution in [0.25, 0.3) is 0 Å². The lowest BCUT2D eigenvalue weighted by molar-refractivity contribution is -0.137. The molecule has 3 rings (SSSR count). The molecule has 8 heteroatoms. The molecule has 0 bridgehead atoms. The fourth-order valence-electron chi connectivity index (χ4n) is 3.65. The van der Waals surface area contributed by atoms with Crippen molar-refractivity contribution in [3.8, 4) is 0 Å². The molecule has 1 aliphatic heterocycles. The van der Waals surface area contributed by atoms with Gasteiger partial charge in [-0.1, -0.05) is 19.3 Å². The lowest BCUT2D eigenvalue weighted by atomic mass is 9.96. The van der Waals surface area contributed by atoms with E-state index in [0.29, 0.717) is 18.9 Å². The van der Waals surface area contributed by atoms with Crippen molar-refractivity contribution in [1.29, 1.82) is 0 Å². The van der Waals surface area contributed by atoms with Gasteiger partial charge >= 0.3 is 12.2 Å². The van der Waals surface area contributed by atoms with Crippen LogP contribution in [0.4, 0.5) is 23.8 Å². The maximum absolute atomic E-state index is 12.6. The Morgan fingerprint density at radius 3 is 2.15 bits per heavy atom.